The lowest BCUT2D eigenvalue weighted by Crippen LogP contribution is -2.47. The Balaban J connectivity index is 1.55. The van der Waals surface area contributed by atoms with Gasteiger partial charge in [-0.05, 0) is 29.8 Å². The van der Waals surface area contributed by atoms with Gasteiger partial charge in [-0.3, -0.25) is 4.90 Å². The molecular weight excluding hydrogens is 275 g/mol. The Hall–Kier alpha value is -1.82. The summed E-state index contributed by atoms with van der Waals surface area (Å²) in [5.74, 6) is 0.424. The van der Waals surface area contributed by atoms with E-state index < -0.39 is 0 Å². The summed E-state index contributed by atoms with van der Waals surface area (Å²) < 4.78 is 24.5. The standard InChI is InChI=1S/C14H17FN4O2/c15-10-1-3-12(4-2-10)21-13-5-11-9-20-14(6-17-18-16)8-19(11)7-13/h1-4,11,13-14H,5-9H2/t11-,13-,14+/m0/s1. The first-order chi connectivity index (χ1) is 10.2. The number of rotatable bonds is 4. The summed E-state index contributed by atoms with van der Waals surface area (Å²) in [4.78, 5) is 5.08. The topological polar surface area (TPSA) is 70.5 Å². The van der Waals surface area contributed by atoms with Crippen molar-refractivity contribution in [2.75, 3.05) is 26.2 Å². The fourth-order valence-electron chi connectivity index (χ4n) is 2.93. The first-order valence-electron chi connectivity index (χ1n) is 7.03. The van der Waals surface area contributed by atoms with Crippen LogP contribution in [0.4, 0.5) is 4.39 Å². The van der Waals surface area contributed by atoms with Gasteiger partial charge in [-0.15, -0.1) is 0 Å². The van der Waals surface area contributed by atoms with E-state index in [0.717, 1.165) is 19.5 Å². The van der Waals surface area contributed by atoms with Gasteiger partial charge in [0.25, 0.3) is 0 Å². The summed E-state index contributed by atoms with van der Waals surface area (Å²) >= 11 is 0. The molecule has 1 aromatic rings. The first-order valence-corrected chi connectivity index (χ1v) is 7.03. The van der Waals surface area contributed by atoms with Crippen LogP contribution in [0.15, 0.2) is 29.4 Å². The SMILES string of the molecule is [N-]=[N+]=NC[C@@H]1CN2C[C@@H](Oc3ccc(F)cc3)C[C@H]2CO1. The molecule has 7 heteroatoms. The summed E-state index contributed by atoms with van der Waals surface area (Å²) in [5, 5.41) is 3.57. The Kier molecular flexibility index (Phi) is 4.24. The van der Waals surface area contributed by atoms with Gasteiger partial charge in [0.15, 0.2) is 0 Å². The molecule has 3 rings (SSSR count). The lowest BCUT2D eigenvalue weighted by molar-refractivity contribution is -0.0434. The average molecular weight is 292 g/mol. The lowest BCUT2D eigenvalue weighted by Gasteiger charge is -2.34. The van der Waals surface area contributed by atoms with Crippen molar-refractivity contribution in [3.8, 4) is 5.75 Å². The molecule has 0 N–H and O–H groups in total. The molecule has 0 aliphatic carbocycles. The van der Waals surface area contributed by atoms with Gasteiger partial charge in [-0.1, -0.05) is 5.11 Å². The van der Waals surface area contributed by atoms with Crippen molar-refractivity contribution in [1.29, 1.82) is 0 Å². The second-order valence-electron chi connectivity index (χ2n) is 5.41. The zero-order valence-corrected chi connectivity index (χ0v) is 11.6. The van der Waals surface area contributed by atoms with Crippen molar-refractivity contribution in [1.82, 2.24) is 4.90 Å². The summed E-state index contributed by atoms with van der Waals surface area (Å²) in [5.41, 5.74) is 8.35. The molecule has 1 aromatic carbocycles. The molecule has 0 unspecified atom stereocenters. The molecule has 0 radical (unpaired) electrons. The van der Waals surface area contributed by atoms with E-state index in [1.165, 1.54) is 12.1 Å². The Labute approximate surface area is 122 Å². The molecule has 2 saturated heterocycles. The third kappa shape index (κ3) is 3.44. The molecule has 21 heavy (non-hydrogen) atoms. The molecule has 0 saturated carbocycles. The third-order valence-electron chi connectivity index (χ3n) is 3.92. The van der Waals surface area contributed by atoms with Crippen molar-refractivity contribution in [2.24, 2.45) is 5.11 Å². The van der Waals surface area contributed by atoms with Crippen molar-refractivity contribution in [3.63, 3.8) is 0 Å². The summed E-state index contributed by atoms with van der Waals surface area (Å²) in [6.07, 6.45) is 0.940. The summed E-state index contributed by atoms with van der Waals surface area (Å²) in [6, 6.07) is 6.44. The van der Waals surface area contributed by atoms with Crippen molar-refractivity contribution >= 4 is 0 Å². The molecular formula is C14H17FN4O2. The fraction of sp³-hybridized carbons (Fsp3) is 0.571. The van der Waals surface area contributed by atoms with Crippen LogP contribution in [0.25, 0.3) is 10.4 Å². The second kappa shape index (κ2) is 6.30. The number of nitrogens with zero attached hydrogens (tertiary/aromatic N) is 4. The van der Waals surface area contributed by atoms with Gasteiger partial charge in [0.2, 0.25) is 0 Å². The van der Waals surface area contributed by atoms with E-state index in [-0.39, 0.29) is 18.0 Å². The quantitative estimate of drug-likeness (QED) is 0.486. The minimum absolute atomic E-state index is 0.0401. The normalized spacial score (nSPS) is 28.7. The van der Waals surface area contributed by atoms with E-state index in [1.54, 1.807) is 12.1 Å². The molecule has 0 spiro atoms. The van der Waals surface area contributed by atoms with E-state index >= 15 is 0 Å². The second-order valence-corrected chi connectivity index (χ2v) is 5.41. The Morgan fingerprint density at radius 3 is 2.95 bits per heavy atom. The Morgan fingerprint density at radius 2 is 2.19 bits per heavy atom. The average Bonchev–Trinajstić information content (AvgIpc) is 2.89. The van der Waals surface area contributed by atoms with Gasteiger partial charge < -0.3 is 9.47 Å². The monoisotopic (exact) mass is 292 g/mol. The van der Waals surface area contributed by atoms with E-state index in [0.29, 0.717) is 24.9 Å². The molecule has 0 bridgehead atoms. The maximum Gasteiger partial charge on any atom is 0.123 e. The fourth-order valence-corrected chi connectivity index (χ4v) is 2.93. The van der Waals surface area contributed by atoms with Crippen LogP contribution in [0.2, 0.25) is 0 Å². The van der Waals surface area contributed by atoms with Crippen molar-refractivity contribution in [3.05, 3.63) is 40.5 Å². The Bertz CT molecular complexity index is 532. The number of hydrogen-bond acceptors (Lipinski definition) is 4. The number of azide groups is 1. The third-order valence-corrected chi connectivity index (χ3v) is 3.92. The highest BCUT2D eigenvalue weighted by Gasteiger charge is 2.38. The number of benzene rings is 1. The number of hydrogen-bond donors (Lipinski definition) is 0. The molecule has 112 valence electrons. The molecule has 2 aliphatic rings. The zero-order valence-electron chi connectivity index (χ0n) is 11.6. The smallest absolute Gasteiger partial charge is 0.123 e. The van der Waals surface area contributed by atoms with Crippen LogP contribution in [-0.2, 0) is 4.74 Å². The summed E-state index contributed by atoms with van der Waals surface area (Å²) in [6.45, 7) is 2.57. The molecule has 3 atom stereocenters. The number of morpholine rings is 1. The highest BCUT2D eigenvalue weighted by atomic mass is 19.1. The van der Waals surface area contributed by atoms with Gasteiger partial charge in [-0.25, -0.2) is 4.39 Å². The largest absolute Gasteiger partial charge is 0.489 e. The van der Waals surface area contributed by atoms with Crippen LogP contribution >= 0.6 is 0 Å². The van der Waals surface area contributed by atoms with Gasteiger partial charge in [-0.2, -0.15) is 0 Å². The minimum atomic E-state index is -0.263. The molecule has 0 amide bonds. The van der Waals surface area contributed by atoms with Crippen LogP contribution in [0, 0.1) is 5.82 Å². The van der Waals surface area contributed by atoms with Crippen LogP contribution in [0.3, 0.4) is 0 Å². The molecule has 0 aromatic heterocycles. The molecule has 2 heterocycles. The number of halogens is 1. The highest BCUT2D eigenvalue weighted by molar-refractivity contribution is 5.22. The van der Waals surface area contributed by atoms with Crippen LogP contribution in [0.1, 0.15) is 6.42 Å². The maximum absolute atomic E-state index is 12.9. The molecule has 2 fully saturated rings. The predicted octanol–water partition coefficient (Wildman–Crippen LogP) is 2.36. The number of fused-ring (bicyclic) bond motifs is 1. The Morgan fingerprint density at radius 1 is 1.38 bits per heavy atom. The van der Waals surface area contributed by atoms with Gasteiger partial charge in [0.05, 0.1) is 19.3 Å². The minimum Gasteiger partial charge on any atom is -0.489 e. The van der Waals surface area contributed by atoms with Gasteiger partial charge in [0.1, 0.15) is 17.7 Å². The molecule has 2 aliphatic heterocycles. The van der Waals surface area contributed by atoms with Crippen LogP contribution in [0.5, 0.6) is 5.75 Å². The zero-order chi connectivity index (χ0) is 14.7. The van der Waals surface area contributed by atoms with Crippen molar-refractivity contribution in [2.45, 2.75) is 24.7 Å². The predicted molar refractivity (Wildman–Crippen MR) is 74.5 cm³/mol. The van der Waals surface area contributed by atoms with Gasteiger partial charge in [0, 0.05) is 30.5 Å². The summed E-state index contributed by atoms with van der Waals surface area (Å²) in [7, 11) is 0. The van der Waals surface area contributed by atoms with E-state index in [4.69, 9.17) is 15.0 Å². The number of ether oxygens (including phenoxy) is 2. The lowest BCUT2D eigenvalue weighted by atomic mass is 10.1. The first kappa shape index (κ1) is 14.1. The van der Waals surface area contributed by atoms with E-state index in [9.17, 15) is 4.39 Å². The maximum atomic E-state index is 12.9. The van der Waals surface area contributed by atoms with Crippen LogP contribution in [-0.4, -0.2) is 49.4 Å². The van der Waals surface area contributed by atoms with E-state index in [2.05, 4.69) is 14.9 Å². The highest BCUT2D eigenvalue weighted by Crippen LogP contribution is 2.26. The van der Waals surface area contributed by atoms with Crippen molar-refractivity contribution < 1.29 is 13.9 Å². The van der Waals surface area contributed by atoms with Crippen LogP contribution < -0.4 is 4.74 Å². The van der Waals surface area contributed by atoms with Gasteiger partial charge >= 0.3 is 0 Å². The molecule has 6 nitrogen and oxygen atoms in total. The van der Waals surface area contributed by atoms with E-state index in [1.807, 2.05) is 0 Å².